The van der Waals surface area contributed by atoms with Crippen LogP contribution in [-0.2, 0) is 0 Å². The molecule has 122 valence electrons. The maximum atomic E-state index is 8.57. The van der Waals surface area contributed by atoms with Crippen molar-refractivity contribution in [3.63, 3.8) is 0 Å². The zero-order valence-electron chi connectivity index (χ0n) is 7.07. The van der Waals surface area contributed by atoms with Gasteiger partial charge < -0.3 is 52.8 Å². The van der Waals surface area contributed by atoms with E-state index in [-0.39, 0.29) is 58.8 Å². The predicted octanol–water partition coefficient (Wildman–Crippen LogP) is -23.0. The molecule has 0 radical (unpaired) electrons. The molecule has 17 heteroatoms. The quantitative estimate of drug-likeness (QED) is 0.211. The van der Waals surface area contributed by atoms with Crippen LogP contribution in [0.1, 0.15) is 0 Å². The molecular formula is H8I3LuO13. The van der Waals surface area contributed by atoms with E-state index < -0.39 is 63.2 Å². The molecule has 0 fully saturated rings. The van der Waals surface area contributed by atoms with E-state index in [9.17, 15) is 0 Å². The van der Waals surface area contributed by atoms with E-state index in [0.717, 1.165) is 0 Å². The van der Waals surface area contributed by atoms with Crippen LogP contribution in [0.15, 0.2) is 0 Å². The Morgan fingerprint density at radius 2 is 0.353 bits per heavy atom. The summed E-state index contributed by atoms with van der Waals surface area (Å²) in [6.45, 7) is 0. The predicted molar refractivity (Wildman–Crippen MR) is 14.5 cm³/mol. The first-order valence-electron chi connectivity index (χ1n) is 1.39. The topological polar surface area (TPSA) is 334 Å². The van der Waals surface area contributed by atoms with Crippen LogP contribution in [0.25, 0.3) is 0 Å². The van der Waals surface area contributed by atoms with Gasteiger partial charge in [-0.2, -0.15) is 0 Å². The van der Waals surface area contributed by atoms with E-state index >= 15 is 0 Å². The van der Waals surface area contributed by atoms with Gasteiger partial charge in [-0.25, -0.2) is 0 Å². The molecule has 0 aliphatic carbocycles. The van der Waals surface area contributed by atoms with E-state index in [1.165, 1.54) is 0 Å². The summed E-state index contributed by atoms with van der Waals surface area (Å²) in [4.78, 5) is 0. The van der Waals surface area contributed by atoms with Crippen LogP contribution >= 0.6 is 0 Å². The van der Waals surface area contributed by atoms with Gasteiger partial charge in [0.1, 0.15) is 0 Å². The van der Waals surface area contributed by atoms with Crippen molar-refractivity contribution in [3.05, 3.63) is 0 Å². The molecule has 0 saturated heterocycles. The summed E-state index contributed by atoms with van der Waals surface area (Å²) in [5, 5.41) is 0. The third-order valence-electron chi connectivity index (χ3n) is 0. The van der Waals surface area contributed by atoms with Crippen LogP contribution in [0.3, 0.4) is 0 Å². The third kappa shape index (κ3) is 641. The second-order valence-corrected chi connectivity index (χ2v) is 3.80. The minimum absolute atomic E-state index is 0. The summed E-state index contributed by atoms with van der Waals surface area (Å²) in [7, 11) is 0. The molecule has 0 amide bonds. The molecule has 0 aromatic carbocycles. The van der Waals surface area contributed by atoms with Gasteiger partial charge in [-0.15, -0.1) is 0 Å². The fraction of sp³-hybridized carbons (Fsp3) is 0. The zero-order chi connectivity index (χ0) is 10.7. The van der Waals surface area contributed by atoms with Gasteiger partial charge in [-0.05, 0) is 0 Å². The summed E-state index contributed by atoms with van der Waals surface area (Å²) in [6.07, 6.45) is 0. The SMILES string of the molecule is O.O.O.O.[Lu+3].[O-][I+2]([O-])[O-].[O-][I+2]([O-])[O-].[O-][I+2]([O-])[O-]. The van der Waals surface area contributed by atoms with Crippen LogP contribution in [-0.4, -0.2) is 21.9 Å². The van der Waals surface area contributed by atoms with Crippen molar-refractivity contribution in [2.45, 2.75) is 0 Å². The van der Waals surface area contributed by atoms with E-state index in [0.29, 0.717) is 0 Å². The Morgan fingerprint density at radius 1 is 0.353 bits per heavy atom. The summed E-state index contributed by atoms with van der Waals surface area (Å²) in [5.41, 5.74) is 0. The van der Waals surface area contributed by atoms with Crippen molar-refractivity contribution in [2.24, 2.45) is 0 Å². The Morgan fingerprint density at radius 3 is 0.353 bits per heavy atom. The van der Waals surface area contributed by atoms with Crippen molar-refractivity contribution in [1.82, 2.24) is 0 Å². The normalized spacial score (nSPS) is 6.35. The Labute approximate surface area is 150 Å². The zero-order valence-corrected chi connectivity index (χ0v) is 15.2. The van der Waals surface area contributed by atoms with Gasteiger partial charge >= 0.3 is 36.9 Å². The molecule has 8 N–H and O–H groups in total. The largest absolute Gasteiger partial charge is 3.00 e. The second-order valence-electron chi connectivity index (χ2n) is 0.567. The molecule has 0 atom stereocenters. The molecular weight excluding hydrogens is 764 g/mol. The first-order valence-corrected chi connectivity index (χ1v) is 9.32. The average molecular weight is 772 g/mol. The molecule has 0 rings (SSSR count). The van der Waals surface area contributed by atoms with Gasteiger partial charge in [-0.3, -0.25) is 0 Å². The Balaban J connectivity index is -0.0000000104. The van der Waals surface area contributed by atoms with Crippen molar-refractivity contribution >= 4 is 0 Å². The van der Waals surface area contributed by atoms with Crippen LogP contribution in [0.2, 0.25) is 0 Å². The molecule has 0 bridgehead atoms. The van der Waals surface area contributed by atoms with Crippen LogP contribution in [0.5, 0.6) is 0 Å². The fourth-order valence-corrected chi connectivity index (χ4v) is 0. The molecule has 17 heavy (non-hydrogen) atoms. The van der Waals surface area contributed by atoms with Crippen LogP contribution in [0.4, 0.5) is 0 Å². The van der Waals surface area contributed by atoms with Crippen molar-refractivity contribution in [3.8, 4) is 0 Å². The number of halogens is 3. The first kappa shape index (κ1) is 50.2. The average Bonchev–Trinajstić information content (AvgIpc) is 1.54. The summed E-state index contributed by atoms with van der Waals surface area (Å²) < 4.78 is 77.2. The number of rotatable bonds is 0. The van der Waals surface area contributed by atoms with Gasteiger partial charge in [0.25, 0.3) is 63.2 Å². The van der Waals surface area contributed by atoms with E-state index in [2.05, 4.69) is 0 Å². The van der Waals surface area contributed by atoms with Gasteiger partial charge in [0, 0.05) is 0 Å². The molecule has 0 aromatic heterocycles. The molecule has 0 unspecified atom stereocenters. The maximum Gasteiger partial charge on any atom is 3.00 e. The van der Waals surface area contributed by atoms with E-state index in [1.54, 1.807) is 0 Å². The van der Waals surface area contributed by atoms with Crippen molar-refractivity contribution < 1.29 is 153 Å². The molecule has 0 saturated carbocycles. The first-order chi connectivity index (χ1) is 5.20. The minimum Gasteiger partial charge on any atom is -0.427 e. The van der Waals surface area contributed by atoms with Gasteiger partial charge in [-0.1, -0.05) is 0 Å². The van der Waals surface area contributed by atoms with Gasteiger partial charge in [0.05, 0.1) is 0 Å². The fourth-order valence-electron chi connectivity index (χ4n) is 0. The smallest absolute Gasteiger partial charge is 0.427 e. The molecule has 0 aliphatic heterocycles. The number of hydrogen-bond acceptors (Lipinski definition) is 9. The molecule has 0 heterocycles. The van der Waals surface area contributed by atoms with E-state index in [4.69, 9.17) is 30.9 Å². The van der Waals surface area contributed by atoms with Gasteiger partial charge in [0.15, 0.2) is 0 Å². The second kappa shape index (κ2) is 42.8. The Hall–Kier alpha value is 2.90. The molecule has 13 nitrogen and oxygen atoms in total. The Kier molecular flexibility index (Phi) is 126. The third-order valence-corrected chi connectivity index (χ3v) is 0. The molecule has 0 aromatic rings. The van der Waals surface area contributed by atoms with Crippen LogP contribution < -0.4 is 94.1 Å². The van der Waals surface area contributed by atoms with E-state index in [1.807, 2.05) is 0 Å². The van der Waals surface area contributed by atoms with Crippen molar-refractivity contribution in [2.75, 3.05) is 0 Å². The van der Waals surface area contributed by atoms with Gasteiger partial charge in [0.2, 0.25) is 0 Å². The van der Waals surface area contributed by atoms with Crippen molar-refractivity contribution in [1.29, 1.82) is 0 Å². The minimum atomic E-state index is -4.01. The van der Waals surface area contributed by atoms with Crippen LogP contribution in [0, 0.1) is 36.9 Å². The molecule has 0 spiro atoms. The summed E-state index contributed by atoms with van der Waals surface area (Å²) in [6, 6.07) is 0. The Bertz CT molecular complexity index is 45.2. The standard InChI is InChI=1S/3IO3.Lu.4H2O/c3*2-1(3)4;;;;;/h;;;;4*1H2/q3*-1;+3;;;;. The summed E-state index contributed by atoms with van der Waals surface area (Å²) in [5.74, 6) is 0. The summed E-state index contributed by atoms with van der Waals surface area (Å²) >= 11 is -12.0. The maximum absolute atomic E-state index is 8.57. The molecule has 0 aliphatic rings. The monoisotopic (exact) mass is 772 g/mol. The number of hydrogen-bond donors (Lipinski definition) is 0.